The van der Waals surface area contributed by atoms with Crippen LogP contribution >= 0.6 is 46.4 Å². The van der Waals surface area contributed by atoms with Gasteiger partial charge >= 0.3 is 6.09 Å². The van der Waals surface area contributed by atoms with Gasteiger partial charge in [-0.05, 0) is 45.6 Å². The maximum Gasteiger partial charge on any atom is 0.410 e. The molecule has 1 fully saturated rings. The molecule has 0 aromatic heterocycles. The summed E-state index contributed by atoms with van der Waals surface area (Å²) in [5.74, 6) is 1.15. The summed E-state index contributed by atoms with van der Waals surface area (Å²) in [4.78, 5) is 13.2. The van der Waals surface area contributed by atoms with Crippen LogP contribution in [0.2, 0.25) is 10.0 Å². The van der Waals surface area contributed by atoms with Crippen LogP contribution in [-0.4, -0.2) is 41.1 Å². The SMILES string of the molecule is CC(C)(C)OC(=O)N1CCC(COc2c(Cl)cc(O/C=C/C(Cl)Cl)cc2Cl)CC1. The fourth-order valence-corrected chi connectivity index (χ4v) is 3.42. The lowest BCUT2D eigenvalue weighted by Gasteiger charge is -2.33. The number of hydrogen-bond acceptors (Lipinski definition) is 4. The van der Waals surface area contributed by atoms with Gasteiger partial charge in [-0.2, -0.15) is 0 Å². The van der Waals surface area contributed by atoms with Gasteiger partial charge in [0.05, 0.1) is 22.9 Å². The molecule has 1 aliphatic rings. The van der Waals surface area contributed by atoms with Gasteiger partial charge in [-0.25, -0.2) is 4.79 Å². The Labute approximate surface area is 191 Å². The highest BCUT2D eigenvalue weighted by atomic mass is 35.5. The molecule has 0 atom stereocenters. The number of carbonyl (C=O) groups excluding carboxylic acids is 1. The zero-order valence-corrected chi connectivity index (χ0v) is 19.6. The zero-order chi connectivity index (χ0) is 21.6. The Morgan fingerprint density at radius 1 is 1.21 bits per heavy atom. The largest absolute Gasteiger partial charge is 0.490 e. The summed E-state index contributed by atoms with van der Waals surface area (Å²) in [5, 5.41) is 0.695. The number of nitrogens with zero attached hydrogens (tertiary/aromatic N) is 1. The Hall–Kier alpha value is -1.01. The summed E-state index contributed by atoms with van der Waals surface area (Å²) in [6, 6.07) is 3.21. The number of rotatable bonds is 6. The standard InChI is InChI=1S/C20H25Cl4NO4/c1-20(2,3)29-19(26)25-7-4-13(5-8-25)12-28-18-15(21)10-14(11-16(18)22)27-9-6-17(23)24/h6,9-11,13,17H,4-5,7-8,12H2,1-3H3/b9-6+. The summed E-state index contributed by atoms with van der Waals surface area (Å²) >= 11 is 23.8. The van der Waals surface area contributed by atoms with Gasteiger partial charge < -0.3 is 19.1 Å². The predicted molar refractivity (Wildman–Crippen MR) is 118 cm³/mol. The van der Waals surface area contributed by atoms with Crippen molar-refractivity contribution in [2.75, 3.05) is 19.7 Å². The zero-order valence-electron chi connectivity index (χ0n) is 16.6. The third kappa shape index (κ3) is 8.33. The summed E-state index contributed by atoms with van der Waals surface area (Å²) < 4.78 is 16.7. The van der Waals surface area contributed by atoms with E-state index in [0.29, 0.717) is 47.2 Å². The molecule has 0 unspecified atom stereocenters. The lowest BCUT2D eigenvalue weighted by Crippen LogP contribution is -2.42. The lowest BCUT2D eigenvalue weighted by molar-refractivity contribution is 0.0165. The highest BCUT2D eigenvalue weighted by Gasteiger charge is 2.27. The van der Waals surface area contributed by atoms with E-state index >= 15 is 0 Å². The Balaban J connectivity index is 1.85. The molecule has 1 aliphatic heterocycles. The molecule has 1 amide bonds. The second-order valence-electron chi connectivity index (χ2n) is 7.72. The first-order valence-electron chi connectivity index (χ1n) is 9.26. The second-order valence-corrected chi connectivity index (χ2v) is 9.70. The van der Waals surface area contributed by atoms with E-state index in [-0.39, 0.29) is 6.09 Å². The summed E-state index contributed by atoms with van der Waals surface area (Å²) in [5.41, 5.74) is -0.494. The van der Waals surface area contributed by atoms with Crippen molar-refractivity contribution in [3.63, 3.8) is 0 Å². The Morgan fingerprint density at radius 3 is 2.31 bits per heavy atom. The molecular formula is C20H25Cl4NO4. The summed E-state index contributed by atoms with van der Waals surface area (Å²) in [6.07, 6.45) is 4.20. The normalized spacial score (nSPS) is 15.8. The number of likely N-dealkylation sites (tertiary alicyclic amines) is 1. The third-order valence-electron chi connectivity index (χ3n) is 4.13. The Bertz CT molecular complexity index is 703. The van der Waals surface area contributed by atoms with Crippen LogP contribution < -0.4 is 9.47 Å². The minimum Gasteiger partial charge on any atom is -0.490 e. The number of hydrogen-bond donors (Lipinski definition) is 0. The molecule has 1 aromatic rings. The first-order chi connectivity index (χ1) is 13.5. The molecular weight excluding hydrogens is 460 g/mol. The van der Waals surface area contributed by atoms with E-state index < -0.39 is 10.4 Å². The van der Waals surface area contributed by atoms with Crippen molar-refractivity contribution in [3.8, 4) is 11.5 Å². The highest BCUT2D eigenvalue weighted by Crippen LogP contribution is 2.37. The summed E-state index contributed by atoms with van der Waals surface area (Å²) in [6.45, 7) is 7.30. The van der Waals surface area contributed by atoms with Crippen LogP contribution in [0.15, 0.2) is 24.5 Å². The van der Waals surface area contributed by atoms with E-state index in [1.54, 1.807) is 17.0 Å². The Kier molecular flexibility index (Phi) is 9.08. The van der Waals surface area contributed by atoms with Crippen molar-refractivity contribution in [2.45, 2.75) is 44.1 Å². The van der Waals surface area contributed by atoms with Crippen LogP contribution in [0.25, 0.3) is 0 Å². The number of halogens is 4. The molecule has 0 spiro atoms. The molecule has 29 heavy (non-hydrogen) atoms. The highest BCUT2D eigenvalue weighted by molar-refractivity contribution is 6.45. The average Bonchev–Trinajstić information content (AvgIpc) is 2.59. The lowest BCUT2D eigenvalue weighted by atomic mass is 9.98. The minimum atomic E-state index is -0.662. The van der Waals surface area contributed by atoms with E-state index in [0.717, 1.165) is 12.8 Å². The van der Waals surface area contributed by atoms with E-state index in [4.69, 9.17) is 60.6 Å². The molecule has 0 bridgehead atoms. The van der Waals surface area contributed by atoms with E-state index in [1.165, 1.54) is 12.3 Å². The number of piperidine rings is 1. The smallest absolute Gasteiger partial charge is 0.410 e. The van der Waals surface area contributed by atoms with Crippen molar-refractivity contribution < 1.29 is 19.0 Å². The molecule has 5 nitrogen and oxygen atoms in total. The maximum atomic E-state index is 12.1. The quantitative estimate of drug-likeness (QED) is 0.332. The summed E-state index contributed by atoms with van der Waals surface area (Å²) in [7, 11) is 0. The monoisotopic (exact) mass is 483 g/mol. The number of benzene rings is 1. The van der Waals surface area contributed by atoms with Crippen molar-refractivity contribution in [3.05, 3.63) is 34.5 Å². The van der Waals surface area contributed by atoms with Gasteiger partial charge in [-0.3, -0.25) is 0 Å². The number of ether oxygens (including phenoxy) is 3. The van der Waals surface area contributed by atoms with Crippen LogP contribution in [-0.2, 0) is 4.74 Å². The van der Waals surface area contributed by atoms with Gasteiger partial charge in [0, 0.05) is 25.2 Å². The fourth-order valence-electron chi connectivity index (χ4n) is 2.73. The molecule has 0 aliphatic carbocycles. The van der Waals surface area contributed by atoms with Crippen molar-refractivity contribution in [2.24, 2.45) is 5.92 Å². The van der Waals surface area contributed by atoms with E-state index in [9.17, 15) is 4.79 Å². The first kappa shape index (κ1) is 24.3. The number of alkyl halides is 2. The molecule has 1 aromatic carbocycles. The van der Waals surface area contributed by atoms with Crippen LogP contribution in [0.1, 0.15) is 33.6 Å². The number of amides is 1. The number of carbonyl (C=O) groups is 1. The van der Waals surface area contributed by atoms with Crippen LogP contribution in [0, 0.1) is 5.92 Å². The average molecular weight is 485 g/mol. The minimum absolute atomic E-state index is 0.276. The third-order valence-corrected chi connectivity index (χ3v) is 4.98. The van der Waals surface area contributed by atoms with Gasteiger partial charge in [0.25, 0.3) is 0 Å². The van der Waals surface area contributed by atoms with Gasteiger partial charge in [-0.15, -0.1) is 23.2 Å². The van der Waals surface area contributed by atoms with Crippen LogP contribution in [0.3, 0.4) is 0 Å². The molecule has 2 rings (SSSR count). The van der Waals surface area contributed by atoms with Gasteiger partial charge in [0.1, 0.15) is 16.2 Å². The fraction of sp³-hybridized carbons (Fsp3) is 0.550. The molecule has 0 saturated carbocycles. The van der Waals surface area contributed by atoms with Crippen LogP contribution in [0.5, 0.6) is 11.5 Å². The van der Waals surface area contributed by atoms with Crippen molar-refractivity contribution >= 4 is 52.5 Å². The van der Waals surface area contributed by atoms with Crippen molar-refractivity contribution in [1.82, 2.24) is 4.90 Å². The van der Waals surface area contributed by atoms with Gasteiger partial charge in [0.2, 0.25) is 0 Å². The maximum absolute atomic E-state index is 12.1. The first-order valence-corrected chi connectivity index (χ1v) is 10.9. The second kappa shape index (κ2) is 10.9. The molecule has 1 saturated heterocycles. The van der Waals surface area contributed by atoms with Crippen LogP contribution in [0.4, 0.5) is 4.79 Å². The van der Waals surface area contributed by atoms with E-state index in [2.05, 4.69) is 0 Å². The van der Waals surface area contributed by atoms with E-state index in [1.807, 2.05) is 20.8 Å². The molecule has 0 radical (unpaired) electrons. The molecule has 162 valence electrons. The molecule has 1 heterocycles. The Morgan fingerprint density at radius 2 is 1.79 bits per heavy atom. The topological polar surface area (TPSA) is 48.0 Å². The van der Waals surface area contributed by atoms with Crippen molar-refractivity contribution in [1.29, 1.82) is 0 Å². The molecule has 0 N–H and O–H groups in total. The van der Waals surface area contributed by atoms with Gasteiger partial charge in [0.15, 0.2) is 5.75 Å². The predicted octanol–water partition coefficient (Wildman–Crippen LogP) is 6.72. The molecule has 9 heteroatoms. The number of allylic oxidation sites excluding steroid dienone is 1. The van der Waals surface area contributed by atoms with Gasteiger partial charge in [-0.1, -0.05) is 23.2 Å².